The topological polar surface area (TPSA) is 73.6 Å². The molecule has 0 aliphatic rings. The Labute approximate surface area is 151 Å². The number of hydrogen-bond donors (Lipinski definition) is 2. The zero-order chi connectivity index (χ0) is 17.6. The van der Waals surface area contributed by atoms with Gasteiger partial charge in [0.15, 0.2) is 11.5 Å². The summed E-state index contributed by atoms with van der Waals surface area (Å²) < 4.78 is 11.1. The largest absolute Gasteiger partial charge is 0.493 e. The summed E-state index contributed by atoms with van der Waals surface area (Å²) in [5.74, 6) is 1.37. The zero-order valence-electron chi connectivity index (χ0n) is 15.5. The van der Waals surface area contributed by atoms with Crippen molar-refractivity contribution in [3.8, 4) is 11.5 Å². The molecule has 3 unspecified atom stereocenters. The molecule has 5 nitrogen and oxygen atoms in total. The van der Waals surface area contributed by atoms with E-state index in [2.05, 4.69) is 5.32 Å². The second-order valence-electron chi connectivity index (χ2n) is 6.22. The van der Waals surface area contributed by atoms with E-state index in [-0.39, 0.29) is 36.4 Å². The molecule has 1 aromatic carbocycles. The van der Waals surface area contributed by atoms with Crippen LogP contribution in [0.25, 0.3) is 0 Å². The van der Waals surface area contributed by atoms with E-state index in [1.807, 2.05) is 52.8 Å². The van der Waals surface area contributed by atoms with Gasteiger partial charge < -0.3 is 20.5 Å². The summed E-state index contributed by atoms with van der Waals surface area (Å²) in [5.41, 5.74) is 6.92. The summed E-state index contributed by atoms with van der Waals surface area (Å²) in [5, 5.41) is 2.96. The van der Waals surface area contributed by atoms with E-state index in [1.54, 1.807) is 7.11 Å². The Morgan fingerprint density at radius 1 is 1.21 bits per heavy atom. The smallest absolute Gasteiger partial charge is 0.237 e. The van der Waals surface area contributed by atoms with Gasteiger partial charge in [0.05, 0.1) is 25.3 Å². The minimum atomic E-state index is -0.493. The van der Waals surface area contributed by atoms with Crippen molar-refractivity contribution in [3.05, 3.63) is 23.8 Å². The number of benzene rings is 1. The van der Waals surface area contributed by atoms with Crippen molar-refractivity contribution in [1.82, 2.24) is 5.32 Å². The molecule has 0 fully saturated rings. The van der Waals surface area contributed by atoms with Crippen LogP contribution >= 0.6 is 12.4 Å². The number of hydrogen-bond acceptors (Lipinski definition) is 4. The van der Waals surface area contributed by atoms with E-state index in [1.165, 1.54) is 0 Å². The molecule has 24 heavy (non-hydrogen) atoms. The first-order valence-corrected chi connectivity index (χ1v) is 8.20. The van der Waals surface area contributed by atoms with Crippen molar-refractivity contribution in [3.63, 3.8) is 0 Å². The van der Waals surface area contributed by atoms with Gasteiger partial charge in [-0.15, -0.1) is 12.4 Å². The third kappa shape index (κ3) is 6.21. The molecule has 0 saturated heterocycles. The molecule has 3 atom stereocenters. The number of nitrogens with one attached hydrogen (secondary N) is 1. The number of carbonyl (C=O) groups is 1. The van der Waals surface area contributed by atoms with Crippen LogP contribution < -0.4 is 20.5 Å². The number of methoxy groups -OCH3 is 1. The fourth-order valence-electron chi connectivity index (χ4n) is 2.21. The second kappa shape index (κ2) is 10.4. The molecule has 1 rings (SSSR count). The highest BCUT2D eigenvalue weighted by molar-refractivity contribution is 5.85. The molecule has 1 aromatic rings. The average Bonchev–Trinajstić information content (AvgIpc) is 2.52. The van der Waals surface area contributed by atoms with Crippen LogP contribution in [-0.2, 0) is 4.79 Å². The number of halogens is 1. The average molecular weight is 359 g/mol. The highest BCUT2D eigenvalue weighted by atomic mass is 35.5. The van der Waals surface area contributed by atoms with Gasteiger partial charge >= 0.3 is 0 Å². The van der Waals surface area contributed by atoms with Gasteiger partial charge in [0, 0.05) is 0 Å². The number of rotatable bonds is 8. The summed E-state index contributed by atoms with van der Waals surface area (Å²) >= 11 is 0. The number of ether oxygens (including phenoxy) is 2. The molecule has 0 aliphatic heterocycles. The summed E-state index contributed by atoms with van der Waals surface area (Å²) in [7, 11) is 1.61. The van der Waals surface area contributed by atoms with E-state index >= 15 is 0 Å². The van der Waals surface area contributed by atoms with Crippen LogP contribution in [0.3, 0.4) is 0 Å². The van der Waals surface area contributed by atoms with Gasteiger partial charge in [0.25, 0.3) is 0 Å². The first-order valence-electron chi connectivity index (χ1n) is 8.20. The van der Waals surface area contributed by atoms with Crippen LogP contribution in [0.5, 0.6) is 11.5 Å². The Hall–Kier alpha value is -1.46. The second-order valence-corrected chi connectivity index (χ2v) is 6.22. The molecule has 0 radical (unpaired) electrons. The van der Waals surface area contributed by atoms with E-state index < -0.39 is 6.04 Å². The van der Waals surface area contributed by atoms with Crippen molar-refractivity contribution < 1.29 is 14.3 Å². The monoisotopic (exact) mass is 358 g/mol. The third-order valence-electron chi connectivity index (χ3n) is 3.97. The molecule has 0 aromatic heterocycles. The van der Waals surface area contributed by atoms with Crippen LogP contribution in [0, 0.1) is 5.92 Å². The first-order chi connectivity index (χ1) is 10.8. The maximum absolute atomic E-state index is 12.2. The normalized spacial score (nSPS) is 14.3. The van der Waals surface area contributed by atoms with Gasteiger partial charge in [-0.05, 0) is 44.4 Å². The van der Waals surface area contributed by atoms with Crippen molar-refractivity contribution in [2.24, 2.45) is 11.7 Å². The van der Waals surface area contributed by atoms with Gasteiger partial charge in [0.2, 0.25) is 5.91 Å². The molecular weight excluding hydrogens is 328 g/mol. The Kier molecular flexibility index (Phi) is 9.78. The molecule has 0 aliphatic carbocycles. The van der Waals surface area contributed by atoms with Gasteiger partial charge in [0.1, 0.15) is 0 Å². The number of amides is 1. The van der Waals surface area contributed by atoms with Crippen molar-refractivity contribution >= 4 is 18.3 Å². The predicted molar refractivity (Wildman–Crippen MR) is 100.0 cm³/mol. The third-order valence-corrected chi connectivity index (χ3v) is 3.97. The predicted octanol–water partition coefficient (Wildman–Crippen LogP) is 3.45. The van der Waals surface area contributed by atoms with Gasteiger partial charge in [-0.3, -0.25) is 4.79 Å². The van der Waals surface area contributed by atoms with Crippen molar-refractivity contribution in [2.45, 2.75) is 59.2 Å². The Morgan fingerprint density at radius 3 is 2.33 bits per heavy atom. The molecule has 3 N–H and O–H groups in total. The van der Waals surface area contributed by atoms with Crippen LogP contribution in [0.4, 0.5) is 0 Å². The fourth-order valence-corrected chi connectivity index (χ4v) is 2.21. The molecule has 0 bridgehead atoms. The fraction of sp³-hybridized carbons (Fsp3) is 0.611. The molecule has 1 amide bonds. The minimum Gasteiger partial charge on any atom is -0.493 e. The summed E-state index contributed by atoms with van der Waals surface area (Å²) in [6, 6.07) is 5.04. The Bertz CT molecular complexity index is 523. The lowest BCUT2D eigenvalue weighted by molar-refractivity contribution is -0.124. The van der Waals surface area contributed by atoms with Crippen LogP contribution in [-0.4, -0.2) is 25.2 Å². The number of carbonyl (C=O) groups excluding carboxylic acids is 1. The van der Waals surface area contributed by atoms with E-state index in [0.29, 0.717) is 11.5 Å². The Morgan fingerprint density at radius 2 is 1.83 bits per heavy atom. The molecule has 0 saturated carbocycles. The Balaban J connectivity index is 0.00000529. The minimum absolute atomic E-state index is 0. The van der Waals surface area contributed by atoms with E-state index in [9.17, 15) is 4.79 Å². The van der Waals surface area contributed by atoms with E-state index in [0.717, 1.165) is 12.0 Å². The standard InChI is InChI=1S/C18H30N2O3.ClH/c1-7-12(4)17(19)18(21)20-13(5)14-8-9-15(23-11(2)3)16(10-14)22-6;/h8-13,17H,7,19H2,1-6H3,(H,20,21);1H. The lowest BCUT2D eigenvalue weighted by atomic mass is 9.98. The summed E-state index contributed by atoms with van der Waals surface area (Å²) in [6.45, 7) is 9.87. The highest BCUT2D eigenvalue weighted by Gasteiger charge is 2.21. The maximum atomic E-state index is 12.2. The van der Waals surface area contributed by atoms with Crippen LogP contribution in [0.1, 0.15) is 52.6 Å². The summed E-state index contributed by atoms with van der Waals surface area (Å²) in [6.07, 6.45) is 0.943. The molecule has 138 valence electrons. The zero-order valence-corrected chi connectivity index (χ0v) is 16.3. The summed E-state index contributed by atoms with van der Waals surface area (Å²) in [4.78, 5) is 12.2. The highest BCUT2D eigenvalue weighted by Crippen LogP contribution is 2.31. The van der Waals surface area contributed by atoms with Crippen LogP contribution in [0.15, 0.2) is 18.2 Å². The molecule has 6 heteroatoms. The van der Waals surface area contributed by atoms with E-state index in [4.69, 9.17) is 15.2 Å². The maximum Gasteiger partial charge on any atom is 0.237 e. The molecular formula is C18H31ClN2O3. The number of nitrogens with two attached hydrogens (primary N) is 1. The first kappa shape index (κ1) is 22.5. The molecule has 0 heterocycles. The lowest BCUT2D eigenvalue weighted by Gasteiger charge is -2.22. The SMILES string of the molecule is CCC(C)C(N)C(=O)NC(C)c1ccc(OC(C)C)c(OC)c1.Cl. The quantitative estimate of drug-likeness (QED) is 0.746. The van der Waals surface area contributed by atoms with Crippen molar-refractivity contribution in [1.29, 1.82) is 0 Å². The van der Waals surface area contributed by atoms with Crippen molar-refractivity contribution in [2.75, 3.05) is 7.11 Å². The van der Waals surface area contributed by atoms with Crippen LogP contribution in [0.2, 0.25) is 0 Å². The van der Waals surface area contributed by atoms with Gasteiger partial charge in [-0.2, -0.15) is 0 Å². The van der Waals surface area contributed by atoms with Gasteiger partial charge in [-0.1, -0.05) is 26.3 Å². The lowest BCUT2D eigenvalue weighted by Crippen LogP contribution is -2.45. The molecule has 0 spiro atoms. The van der Waals surface area contributed by atoms with Gasteiger partial charge in [-0.25, -0.2) is 0 Å².